The summed E-state index contributed by atoms with van der Waals surface area (Å²) in [6, 6.07) is 20.3. The molecule has 0 aliphatic heterocycles. The molecule has 0 aliphatic rings. The molecule has 0 aliphatic carbocycles. The first-order valence-corrected chi connectivity index (χ1v) is 6.37. The molecule has 2 aromatic carbocycles. The zero-order valence-electron chi connectivity index (χ0n) is 11.0. The van der Waals surface area contributed by atoms with Gasteiger partial charge in [0.2, 0.25) is 0 Å². The fourth-order valence-electron chi connectivity index (χ4n) is 1.82. The summed E-state index contributed by atoms with van der Waals surface area (Å²) < 4.78 is 0. The number of nitrogens with two attached hydrogens (primary N) is 1. The summed E-state index contributed by atoms with van der Waals surface area (Å²) in [6.45, 7) is 2.04. The molecule has 2 aromatic rings. The first-order valence-electron chi connectivity index (χ1n) is 6.37. The van der Waals surface area contributed by atoms with Crippen LogP contribution < -0.4 is 5.73 Å². The van der Waals surface area contributed by atoms with Crippen molar-refractivity contribution in [1.82, 2.24) is 0 Å². The molecule has 2 N–H and O–H groups in total. The van der Waals surface area contributed by atoms with Crippen LogP contribution in [-0.4, -0.2) is 5.84 Å². The minimum absolute atomic E-state index is 0.0709. The van der Waals surface area contributed by atoms with Crippen molar-refractivity contribution < 1.29 is 0 Å². The van der Waals surface area contributed by atoms with Crippen molar-refractivity contribution in [3.8, 4) is 0 Å². The van der Waals surface area contributed by atoms with Crippen LogP contribution in [-0.2, 0) is 0 Å². The second kappa shape index (κ2) is 6.55. The Hall–Kier alpha value is -2.35. The fraction of sp³-hybridized carbons (Fsp3) is 0.118. The summed E-state index contributed by atoms with van der Waals surface area (Å²) in [6.07, 6.45) is 3.81. The molecule has 0 saturated carbocycles. The molecule has 0 fully saturated rings. The van der Waals surface area contributed by atoms with Crippen molar-refractivity contribution in [2.24, 2.45) is 10.7 Å². The van der Waals surface area contributed by atoms with Crippen LogP contribution in [0.3, 0.4) is 0 Å². The van der Waals surface area contributed by atoms with E-state index in [2.05, 4.69) is 17.1 Å². The van der Waals surface area contributed by atoms with Gasteiger partial charge in [-0.1, -0.05) is 66.7 Å². The van der Waals surface area contributed by atoms with E-state index in [-0.39, 0.29) is 6.04 Å². The second-order valence-electron chi connectivity index (χ2n) is 4.38. The van der Waals surface area contributed by atoms with E-state index < -0.39 is 0 Å². The highest BCUT2D eigenvalue weighted by Crippen LogP contribution is 2.15. The molecule has 0 amide bonds. The molecule has 19 heavy (non-hydrogen) atoms. The maximum Gasteiger partial charge on any atom is 0.118 e. The molecule has 0 radical (unpaired) electrons. The Morgan fingerprint density at radius 1 is 1.00 bits per heavy atom. The topological polar surface area (TPSA) is 38.4 Å². The van der Waals surface area contributed by atoms with Gasteiger partial charge in [-0.3, -0.25) is 4.99 Å². The Bertz CT molecular complexity index is 556. The van der Waals surface area contributed by atoms with Gasteiger partial charge >= 0.3 is 0 Å². The number of hydrogen-bond donors (Lipinski definition) is 1. The minimum Gasteiger partial charge on any atom is -0.384 e. The Kier molecular flexibility index (Phi) is 4.51. The number of benzene rings is 2. The second-order valence-corrected chi connectivity index (χ2v) is 4.38. The number of aliphatic imine (C=N–C) groups is 1. The van der Waals surface area contributed by atoms with E-state index in [0.717, 1.165) is 5.56 Å². The monoisotopic (exact) mass is 250 g/mol. The van der Waals surface area contributed by atoms with Crippen molar-refractivity contribution in [2.75, 3.05) is 0 Å². The van der Waals surface area contributed by atoms with Crippen LogP contribution in [0.15, 0.2) is 71.7 Å². The van der Waals surface area contributed by atoms with Crippen LogP contribution in [0.1, 0.15) is 24.1 Å². The fourth-order valence-corrected chi connectivity index (χ4v) is 1.82. The lowest BCUT2D eigenvalue weighted by molar-refractivity contribution is 0.819. The smallest absolute Gasteiger partial charge is 0.118 e. The van der Waals surface area contributed by atoms with E-state index in [0.29, 0.717) is 5.84 Å². The maximum absolute atomic E-state index is 5.92. The lowest BCUT2D eigenvalue weighted by atomic mass is 10.1. The normalized spacial score (nSPS) is 13.6. The van der Waals surface area contributed by atoms with Gasteiger partial charge in [0.1, 0.15) is 5.84 Å². The summed E-state index contributed by atoms with van der Waals surface area (Å²) in [5.74, 6) is 0.542. The van der Waals surface area contributed by atoms with E-state index in [4.69, 9.17) is 5.73 Å². The summed E-state index contributed by atoms with van der Waals surface area (Å²) in [5, 5.41) is 0. The van der Waals surface area contributed by atoms with E-state index in [1.807, 2.05) is 67.6 Å². The molecule has 2 rings (SSSR count). The zero-order chi connectivity index (χ0) is 13.5. The molecule has 96 valence electrons. The predicted octanol–water partition coefficient (Wildman–Crippen LogP) is 3.82. The van der Waals surface area contributed by atoms with Crippen LogP contribution in [0.2, 0.25) is 0 Å². The van der Waals surface area contributed by atoms with E-state index >= 15 is 0 Å². The van der Waals surface area contributed by atoms with Gasteiger partial charge in [0.15, 0.2) is 0 Å². The van der Waals surface area contributed by atoms with Gasteiger partial charge in [-0.25, -0.2) is 0 Å². The van der Waals surface area contributed by atoms with Gasteiger partial charge in [0.25, 0.3) is 0 Å². The van der Waals surface area contributed by atoms with Crippen molar-refractivity contribution in [2.45, 2.75) is 13.0 Å². The van der Waals surface area contributed by atoms with Crippen LogP contribution in [0.5, 0.6) is 0 Å². The third-order valence-corrected chi connectivity index (χ3v) is 2.87. The molecule has 0 bridgehead atoms. The average Bonchev–Trinajstić information content (AvgIpc) is 2.47. The Labute approximate surface area is 114 Å². The molecule has 2 heteroatoms. The third-order valence-electron chi connectivity index (χ3n) is 2.87. The van der Waals surface area contributed by atoms with Gasteiger partial charge in [-0.15, -0.1) is 0 Å². The number of amidine groups is 1. The van der Waals surface area contributed by atoms with Crippen molar-refractivity contribution in [3.05, 3.63) is 77.9 Å². The molecule has 2 nitrogen and oxygen atoms in total. The molecule has 0 unspecified atom stereocenters. The molecular weight excluding hydrogens is 232 g/mol. The van der Waals surface area contributed by atoms with Crippen LogP contribution >= 0.6 is 0 Å². The van der Waals surface area contributed by atoms with Crippen LogP contribution in [0, 0.1) is 0 Å². The first kappa shape index (κ1) is 13.1. The lowest BCUT2D eigenvalue weighted by Crippen LogP contribution is -2.09. The highest BCUT2D eigenvalue weighted by atomic mass is 14.9. The highest BCUT2D eigenvalue weighted by Gasteiger charge is 2.01. The number of nitrogens with zero attached hydrogens (tertiary/aromatic N) is 1. The minimum atomic E-state index is 0.0709. The molecule has 0 aromatic heterocycles. The summed E-state index contributed by atoms with van der Waals surface area (Å²) in [4.78, 5) is 4.47. The van der Waals surface area contributed by atoms with Gasteiger partial charge in [0.05, 0.1) is 6.04 Å². The predicted molar refractivity (Wildman–Crippen MR) is 82.0 cm³/mol. The Balaban J connectivity index is 2.05. The molecule has 0 heterocycles. The molecule has 0 saturated heterocycles. The third kappa shape index (κ3) is 4.11. The number of hydrogen-bond acceptors (Lipinski definition) is 1. The van der Waals surface area contributed by atoms with E-state index in [9.17, 15) is 0 Å². The van der Waals surface area contributed by atoms with Gasteiger partial charge < -0.3 is 5.73 Å². The van der Waals surface area contributed by atoms with E-state index in [1.54, 1.807) is 0 Å². The zero-order valence-corrected chi connectivity index (χ0v) is 11.0. The van der Waals surface area contributed by atoms with Crippen molar-refractivity contribution >= 4 is 11.9 Å². The summed E-state index contributed by atoms with van der Waals surface area (Å²) in [7, 11) is 0. The van der Waals surface area contributed by atoms with Crippen LogP contribution in [0.25, 0.3) is 6.08 Å². The Morgan fingerprint density at radius 3 is 2.21 bits per heavy atom. The van der Waals surface area contributed by atoms with Crippen molar-refractivity contribution in [3.63, 3.8) is 0 Å². The summed E-state index contributed by atoms with van der Waals surface area (Å²) >= 11 is 0. The highest BCUT2D eigenvalue weighted by molar-refractivity contribution is 5.95. The molecule has 0 spiro atoms. The Morgan fingerprint density at radius 2 is 1.58 bits per heavy atom. The van der Waals surface area contributed by atoms with Gasteiger partial charge in [-0.05, 0) is 24.1 Å². The van der Waals surface area contributed by atoms with Crippen LogP contribution in [0.4, 0.5) is 0 Å². The van der Waals surface area contributed by atoms with Gasteiger partial charge in [-0.2, -0.15) is 0 Å². The number of rotatable bonds is 4. The SMILES string of the molecule is C[C@@H](N=C(N)/C=C/c1ccccc1)c1ccccc1. The average molecular weight is 250 g/mol. The standard InChI is InChI=1S/C17H18N2/c1-14(16-10-6-3-7-11-16)19-17(18)13-12-15-8-4-2-5-9-15/h2-14H,1H3,(H2,18,19)/b13-12+/t14-/m1/s1. The lowest BCUT2D eigenvalue weighted by Gasteiger charge is -2.06. The molecular formula is C17H18N2. The van der Waals surface area contributed by atoms with E-state index in [1.165, 1.54) is 5.56 Å². The van der Waals surface area contributed by atoms with Gasteiger partial charge in [0, 0.05) is 0 Å². The quantitative estimate of drug-likeness (QED) is 0.650. The maximum atomic E-state index is 5.92. The molecule has 1 atom stereocenters. The van der Waals surface area contributed by atoms with Crippen molar-refractivity contribution in [1.29, 1.82) is 0 Å². The summed E-state index contributed by atoms with van der Waals surface area (Å²) in [5.41, 5.74) is 8.21. The first-order chi connectivity index (χ1) is 9.25. The largest absolute Gasteiger partial charge is 0.384 e.